The highest BCUT2D eigenvalue weighted by Crippen LogP contribution is 2.08. The standard InChI is InChI=1S/C21H31FN4O.CH2O/c1-4-27-19(12-14-25-3)7-5-6-13-26-21(24)16(2)15-20(23)17-8-10-18(22)11-9-17;1-2/h6,8-11,13,15,19,23,25H,4-5,7,12,14H2,1-3H3,(H2,24,26);1H2/b13-6+,16-15-,23-20?;. The van der Waals surface area contributed by atoms with Crippen molar-refractivity contribution in [2.75, 3.05) is 20.2 Å². The number of benzene rings is 1. The summed E-state index contributed by atoms with van der Waals surface area (Å²) < 4.78 is 18.7. The molecule has 0 spiro atoms. The highest BCUT2D eigenvalue weighted by atomic mass is 19.1. The monoisotopic (exact) mass is 404 g/mol. The van der Waals surface area contributed by atoms with Gasteiger partial charge in [-0.05, 0) is 88.2 Å². The molecule has 0 aliphatic carbocycles. The van der Waals surface area contributed by atoms with Gasteiger partial charge in [-0.25, -0.2) is 9.38 Å². The van der Waals surface area contributed by atoms with E-state index in [0.29, 0.717) is 23.6 Å². The smallest absolute Gasteiger partial charge is 0.126 e. The Morgan fingerprint density at radius 1 is 1.34 bits per heavy atom. The number of nitrogens with one attached hydrogen (secondary N) is 2. The lowest BCUT2D eigenvalue weighted by Crippen LogP contribution is -2.19. The molecule has 0 fully saturated rings. The Hall–Kier alpha value is -2.64. The summed E-state index contributed by atoms with van der Waals surface area (Å²) in [7, 11) is 1.94. The number of ether oxygens (including phenoxy) is 1. The van der Waals surface area contributed by atoms with Crippen LogP contribution >= 0.6 is 0 Å². The van der Waals surface area contributed by atoms with Crippen molar-refractivity contribution in [3.05, 3.63) is 59.6 Å². The van der Waals surface area contributed by atoms with Crippen molar-refractivity contribution in [2.24, 2.45) is 10.7 Å². The molecule has 160 valence electrons. The molecule has 0 radical (unpaired) electrons. The van der Waals surface area contributed by atoms with Crippen LogP contribution in [0.3, 0.4) is 0 Å². The number of hydrogen-bond donors (Lipinski definition) is 3. The van der Waals surface area contributed by atoms with Crippen molar-refractivity contribution < 1.29 is 13.9 Å². The van der Waals surface area contributed by atoms with E-state index in [-0.39, 0.29) is 17.6 Å². The lowest BCUT2D eigenvalue weighted by atomic mass is 10.1. The van der Waals surface area contributed by atoms with E-state index in [1.165, 1.54) is 12.1 Å². The number of carbonyl (C=O) groups is 1. The number of allylic oxidation sites excluding steroid dienone is 2. The second kappa shape index (κ2) is 16.3. The number of carbonyl (C=O) groups excluding carboxylic acids is 1. The predicted molar refractivity (Wildman–Crippen MR) is 118 cm³/mol. The number of hydrogen-bond acceptors (Lipinski definition) is 5. The highest BCUT2D eigenvalue weighted by molar-refractivity contribution is 6.11. The summed E-state index contributed by atoms with van der Waals surface area (Å²) in [5.74, 6) is 0.0330. The van der Waals surface area contributed by atoms with Crippen LogP contribution in [-0.2, 0) is 9.53 Å². The first-order valence-corrected chi connectivity index (χ1v) is 9.54. The molecular formula is C22H33FN4O2. The second-order valence-corrected chi connectivity index (χ2v) is 6.19. The third-order valence-electron chi connectivity index (χ3n) is 4.01. The molecule has 4 N–H and O–H groups in total. The quantitative estimate of drug-likeness (QED) is 0.366. The molecule has 0 aromatic heterocycles. The van der Waals surface area contributed by atoms with Crippen LogP contribution in [0.25, 0.3) is 0 Å². The second-order valence-electron chi connectivity index (χ2n) is 6.19. The molecule has 0 aliphatic rings. The van der Waals surface area contributed by atoms with Gasteiger partial charge in [-0.1, -0.05) is 6.08 Å². The topological polar surface area (TPSA) is 101 Å². The predicted octanol–water partition coefficient (Wildman–Crippen LogP) is 3.62. The van der Waals surface area contributed by atoms with Gasteiger partial charge in [0.25, 0.3) is 0 Å². The van der Waals surface area contributed by atoms with Crippen LogP contribution in [0.15, 0.2) is 53.2 Å². The molecule has 7 heteroatoms. The summed E-state index contributed by atoms with van der Waals surface area (Å²) in [5, 5.41) is 11.2. The van der Waals surface area contributed by atoms with E-state index < -0.39 is 0 Å². The van der Waals surface area contributed by atoms with Crippen LogP contribution in [0.4, 0.5) is 4.39 Å². The van der Waals surface area contributed by atoms with Gasteiger partial charge in [0.2, 0.25) is 0 Å². The molecule has 6 nitrogen and oxygen atoms in total. The van der Waals surface area contributed by atoms with Crippen molar-refractivity contribution >= 4 is 18.3 Å². The first-order chi connectivity index (χ1) is 14.0. The molecule has 29 heavy (non-hydrogen) atoms. The lowest BCUT2D eigenvalue weighted by molar-refractivity contribution is -0.0979. The van der Waals surface area contributed by atoms with Crippen LogP contribution in [0.1, 0.15) is 38.7 Å². The molecule has 0 amide bonds. The fraction of sp³-hybridized carbons (Fsp3) is 0.409. The minimum absolute atomic E-state index is 0.242. The van der Waals surface area contributed by atoms with Gasteiger partial charge in [0, 0.05) is 12.8 Å². The van der Waals surface area contributed by atoms with Gasteiger partial charge < -0.3 is 26.0 Å². The largest absolute Gasteiger partial charge is 0.383 e. The first kappa shape index (κ1) is 26.4. The molecule has 0 aliphatic heterocycles. The van der Waals surface area contributed by atoms with Gasteiger partial charge in [0.15, 0.2) is 0 Å². The average Bonchev–Trinajstić information content (AvgIpc) is 2.73. The third kappa shape index (κ3) is 11.7. The van der Waals surface area contributed by atoms with Gasteiger partial charge in [0.1, 0.15) is 18.4 Å². The van der Waals surface area contributed by atoms with Gasteiger partial charge in [-0.2, -0.15) is 0 Å². The Balaban J connectivity index is 0.00000379. The van der Waals surface area contributed by atoms with Gasteiger partial charge in [-0.3, -0.25) is 0 Å². The number of halogens is 1. The number of aliphatic imine (C=N–C) groups is 1. The minimum atomic E-state index is -0.323. The lowest BCUT2D eigenvalue weighted by Gasteiger charge is -2.15. The van der Waals surface area contributed by atoms with Crippen molar-refractivity contribution in [1.82, 2.24) is 5.32 Å². The maximum absolute atomic E-state index is 13.0. The van der Waals surface area contributed by atoms with Crippen molar-refractivity contribution in [3.63, 3.8) is 0 Å². The zero-order valence-corrected chi connectivity index (χ0v) is 17.6. The Morgan fingerprint density at radius 2 is 2.00 bits per heavy atom. The van der Waals surface area contributed by atoms with E-state index >= 15 is 0 Å². The molecule has 0 heterocycles. The average molecular weight is 405 g/mol. The SMILES string of the molecule is C=O.CCOC(CC/C=C/N=C(N)/C(C)=C\C(=N)c1ccc(F)cc1)CCNC. The number of amidine groups is 1. The van der Waals surface area contributed by atoms with E-state index in [4.69, 9.17) is 20.7 Å². The van der Waals surface area contributed by atoms with Gasteiger partial charge >= 0.3 is 0 Å². The van der Waals surface area contributed by atoms with Gasteiger partial charge in [0.05, 0.1) is 11.8 Å². The van der Waals surface area contributed by atoms with Gasteiger partial charge in [-0.15, -0.1) is 0 Å². The summed E-state index contributed by atoms with van der Waals surface area (Å²) >= 11 is 0. The fourth-order valence-electron chi connectivity index (χ4n) is 2.45. The van der Waals surface area contributed by atoms with Crippen LogP contribution in [0, 0.1) is 11.2 Å². The Kier molecular flexibility index (Phi) is 14.8. The van der Waals surface area contributed by atoms with Crippen LogP contribution in [0.5, 0.6) is 0 Å². The summed E-state index contributed by atoms with van der Waals surface area (Å²) in [5.41, 5.74) is 7.54. The minimum Gasteiger partial charge on any atom is -0.383 e. The molecule has 1 aromatic carbocycles. The Labute approximate surface area is 173 Å². The molecule has 0 saturated carbocycles. The van der Waals surface area contributed by atoms with E-state index in [1.54, 1.807) is 31.3 Å². The molecule has 1 aromatic rings. The summed E-state index contributed by atoms with van der Waals surface area (Å²) in [6.45, 7) is 7.45. The molecule has 1 rings (SSSR count). The summed E-state index contributed by atoms with van der Waals surface area (Å²) in [6.07, 6.45) is 8.31. The van der Waals surface area contributed by atoms with Crippen molar-refractivity contribution in [3.8, 4) is 0 Å². The molecule has 1 unspecified atom stereocenters. The van der Waals surface area contributed by atoms with Crippen LogP contribution in [0.2, 0.25) is 0 Å². The van der Waals surface area contributed by atoms with E-state index in [1.807, 2.05) is 26.8 Å². The zero-order chi connectivity index (χ0) is 22.1. The van der Waals surface area contributed by atoms with E-state index in [9.17, 15) is 4.39 Å². The van der Waals surface area contributed by atoms with E-state index in [2.05, 4.69) is 10.3 Å². The van der Waals surface area contributed by atoms with Crippen LogP contribution in [-0.4, -0.2) is 44.6 Å². The Morgan fingerprint density at radius 3 is 2.59 bits per heavy atom. The van der Waals surface area contributed by atoms with Crippen molar-refractivity contribution in [2.45, 2.75) is 39.2 Å². The molecule has 1 atom stereocenters. The van der Waals surface area contributed by atoms with Crippen molar-refractivity contribution in [1.29, 1.82) is 5.41 Å². The zero-order valence-electron chi connectivity index (χ0n) is 17.6. The Bertz CT molecular complexity index is 685. The number of nitrogens with zero attached hydrogens (tertiary/aromatic N) is 1. The fourth-order valence-corrected chi connectivity index (χ4v) is 2.45. The summed E-state index contributed by atoms with van der Waals surface area (Å²) in [4.78, 5) is 12.2. The summed E-state index contributed by atoms with van der Waals surface area (Å²) in [6, 6.07) is 5.80. The van der Waals surface area contributed by atoms with E-state index in [0.717, 1.165) is 25.8 Å². The number of rotatable bonds is 12. The maximum Gasteiger partial charge on any atom is 0.126 e. The number of nitrogens with two attached hydrogens (primary N) is 1. The normalized spacial score (nSPS) is 13.1. The molecular weight excluding hydrogens is 371 g/mol. The molecule has 0 saturated heterocycles. The van der Waals surface area contributed by atoms with Crippen LogP contribution < -0.4 is 11.1 Å². The first-order valence-electron chi connectivity index (χ1n) is 9.54. The maximum atomic E-state index is 13.0. The molecule has 0 bridgehead atoms. The third-order valence-corrected chi connectivity index (χ3v) is 4.01. The highest BCUT2D eigenvalue weighted by Gasteiger charge is 2.06.